The van der Waals surface area contributed by atoms with Crippen LogP contribution in [0.15, 0.2) is 18.2 Å². The largest absolute Gasteiger partial charge is 0.328 e. The molecule has 1 fully saturated rings. The molecular weight excluding hydrogens is 213 g/mol. The summed E-state index contributed by atoms with van der Waals surface area (Å²) in [5, 5.41) is 0.537. The first kappa shape index (κ1) is 10.9. The molecule has 0 spiro atoms. The van der Waals surface area contributed by atoms with E-state index in [0.717, 1.165) is 31.2 Å². The van der Waals surface area contributed by atoms with Crippen molar-refractivity contribution in [1.29, 1.82) is 0 Å². The summed E-state index contributed by atoms with van der Waals surface area (Å²) in [6.07, 6.45) is 4.25. The molecule has 2 atom stereocenters. The molecule has 1 aromatic rings. The predicted octanol–water partition coefficient (Wildman–Crippen LogP) is 3.15. The molecule has 0 aromatic heterocycles. The Morgan fingerprint density at radius 3 is 2.80 bits per heavy atom. The molecule has 2 rings (SSSR count). The summed E-state index contributed by atoms with van der Waals surface area (Å²) in [7, 11) is 0. The van der Waals surface area contributed by atoms with Gasteiger partial charge in [-0.05, 0) is 49.3 Å². The highest BCUT2D eigenvalue weighted by Gasteiger charge is 2.22. The first-order chi connectivity index (χ1) is 7.15. The molecule has 0 heterocycles. The van der Waals surface area contributed by atoms with E-state index in [1.807, 2.05) is 0 Å². The minimum atomic E-state index is -0.271. The Morgan fingerprint density at radius 2 is 2.20 bits per heavy atom. The molecule has 0 bridgehead atoms. The average Bonchev–Trinajstić information content (AvgIpc) is 2.56. The van der Waals surface area contributed by atoms with Crippen molar-refractivity contribution in [2.75, 3.05) is 0 Å². The molecule has 1 saturated carbocycles. The monoisotopic (exact) mass is 227 g/mol. The Balaban J connectivity index is 2.04. The van der Waals surface area contributed by atoms with Crippen molar-refractivity contribution in [3.05, 3.63) is 34.6 Å². The van der Waals surface area contributed by atoms with Crippen molar-refractivity contribution >= 4 is 11.6 Å². The van der Waals surface area contributed by atoms with E-state index in [-0.39, 0.29) is 5.82 Å². The SMILES string of the molecule is NC1CCC(Cc2ccc(F)cc2Cl)C1. The van der Waals surface area contributed by atoms with Crippen molar-refractivity contribution < 1.29 is 4.39 Å². The van der Waals surface area contributed by atoms with E-state index >= 15 is 0 Å². The molecule has 2 unspecified atom stereocenters. The lowest BCUT2D eigenvalue weighted by atomic mass is 9.98. The first-order valence-electron chi connectivity index (χ1n) is 5.34. The minimum absolute atomic E-state index is 0.271. The number of benzene rings is 1. The number of hydrogen-bond donors (Lipinski definition) is 1. The van der Waals surface area contributed by atoms with Gasteiger partial charge in [-0.25, -0.2) is 4.39 Å². The van der Waals surface area contributed by atoms with Crippen LogP contribution in [0, 0.1) is 11.7 Å². The third-order valence-electron chi connectivity index (χ3n) is 3.11. The lowest BCUT2D eigenvalue weighted by Gasteiger charge is -2.10. The Bertz CT molecular complexity index is 353. The van der Waals surface area contributed by atoms with Crippen LogP contribution in [0.3, 0.4) is 0 Å². The van der Waals surface area contributed by atoms with Gasteiger partial charge in [-0.15, -0.1) is 0 Å². The van der Waals surface area contributed by atoms with Gasteiger partial charge < -0.3 is 5.73 Å². The molecule has 1 aliphatic rings. The molecule has 82 valence electrons. The van der Waals surface area contributed by atoms with E-state index in [1.54, 1.807) is 6.07 Å². The average molecular weight is 228 g/mol. The van der Waals surface area contributed by atoms with Gasteiger partial charge in [0.15, 0.2) is 0 Å². The van der Waals surface area contributed by atoms with Gasteiger partial charge >= 0.3 is 0 Å². The first-order valence-corrected chi connectivity index (χ1v) is 5.72. The minimum Gasteiger partial charge on any atom is -0.328 e. The van der Waals surface area contributed by atoms with Crippen LogP contribution in [0.4, 0.5) is 4.39 Å². The zero-order valence-electron chi connectivity index (χ0n) is 8.55. The smallest absolute Gasteiger partial charge is 0.124 e. The summed E-state index contributed by atoms with van der Waals surface area (Å²) in [4.78, 5) is 0. The molecule has 3 heteroatoms. The van der Waals surface area contributed by atoms with Gasteiger partial charge in [0.25, 0.3) is 0 Å². The summed E-state index contributed by atoms with van der Waals surface area (Å²) >= 11 is 5.97. The Kier molecular flexibility index (Phi) is 3.27. The van der Waals surface area contributed by atoms with Gasteiger partial charge in [0, 0.05) is 11.1 Å². The normalized spacial score (nSPS) is 25.8. The van der Waals surface area contributed by atoms with E-state index < -0.39 is 0 Å². The van der Waals surface area contributed by atoms with Crippen molar-refractivity contribution in [2.45, 2.75) is 31.7 Å². The molecule has 0 radical (unpaired) electrons. The Labute approximate surface area is 94.4 Å². The summed E-state index contributed by atoms with van der Waals surface area (Å²) in [5.74, 6) is 0.342. The van der Waals surface area contributed by atoms with Crippen molar-refractivity contribution in [3.63, 3.8) is 0 Å². The van der Waals surface area contributed by atoms with E-state index in [2.05, 4.69) is 0 Å². The van der Waals surface area contributed by atoms with Crippen LogP contribution in [0.1, 0.15) is 24.8 Å². The Morgan fingerprint density at radius 1 is 1.40 bits per heavy atom. The van der Waals surface area contributed by atoms with Crippen LogP contribution in [0.25, 0.3) is 0 Å². The molecule has 15 heavy (non-hydrogen) atoms. The summed E-state index contributed by atoms with van der Waals surface area (Å²) in [5.41, 5.74) is 6.89. The highest BCUT2D eigenvalue weighted by Crippen LogP contribution is 2.30. The molecule has 1 aromatic carbocycles. The molecule has 1 aliphatic carbocycles. The highest BCUT2D eigenvalue weighted by molar-refractivity contribution is 6.31. The quantitative estimate of drug-likeness (QED) is 0.825. The molecule has 0 aliphatic heterocycles. The molecule has 2 N–H and O–H groups in total. The fourth-order valence-corrected chi connectivity index (χ4v) is 2.54. The fourth-order valence-electron chi connectivity index (χ4n) is 2.30. The summed E-state index contributed by atoms with van der Waals surface area (Å²) in [6.45, 7) is 0. The van der Waals surface area contributed by atoms with E-state index in [4.69, 9.17) is 17.3 Å². The molecule has 0 saturated heterocycles. The van der Waals surface area contributed by atoms with Gasteiger partial charge in [-0.3, -0.25) is 0 Å². The second kappa shape index (κ2) is 4.50. The zero-order valence-corrected chi connectivity index (χ0v) is 9.30. The summed E-state index contributed by atoms with van der Waals surface area (Å²) < 4.78 is 12.8. The van der Waals surface area contributed by atoms with Crippen molar-refractivity contribution in [3.8, 4) is 0 Å². The standard InChI is InChI=1S/C12H15ClFN/c13-12-7-10(14)3-2-9(12)5-8-1-4-11(15)6-8/h2-3,7-8,11H,1,4-6,15H2. The van der Waals surface area contributed by atoms with Crippen LogP contribution in [0.5, 0.6) is 0 Å². The van der Waals surface area contributed by atoms with Crippen LogP contribution in [-0.4, -0.2) is 6.04 Å². The third kappa shape index (κ3) is 2.70. The van der Waals surface area contributed by atoms with Gasteiger partial charge in [0.1, 0.15) is 5.82 Å². The number of rotatable bonds is 2. The van der Waals surface area contributed by atoms with Crippen LogP contribution >= 0.6 is 11.6 Å². The predicted molar refractivity (Wildman–Crippen MR) is 60.4 cm³/mol. The second-order valence-corrected chi connectivity index (χ2v) is 4.79. The number of hydrogen-bond acceptors (Lipinski definition) is 1. The van der Waals surface area contributed by atoms with Crippen molar-refractivity contribution in [2.24, 2.45) is 11.7 Å². The van der Waals surface area contributed by atoms with E-state index in [0.29, 0.717) is 17.0 Å². The molecule has 1 nitrogen and oxygen atoms in total. The van der Waals surface area contributed by atoms with Gasteiger partial charge in [0.05, 0.1) is 0 Å². The van der Waals surface area contributed by atoms with Gasteiger partial charge in [-0.1, -0.05) is 17.7 Å². The lowest BCUT2D eigenvalue weighted by molar-refractivity contribution is 0.534. The fraction of sp³-hybridized carbons (Fsp3) is 0.500. The number of halogens is 2. The maximum atomic E-state index is 12.8. The van der Waals surface area contributed by atoms with Crippen molar-refractivity contribution in [1.82, 2.24) is 0 Å². The molecule has 0 amide bonds. The molecular formula is C12H15ClFN. The van der Waals surface area contributed by atoms with Crippen LogP contribution in [-0.2, 0) is 6.42 Å². The van der Waals surface area contributed by atoms with E-state index in [9.17, 15) is 4.39 Å². The maximum Gasteiger partial charge on any atom is 0.124 e. The van der Waals surface area contributed by atoms with Crippen LogP contribution < -0.4 is 5.73 Å². The highest BCUT2D eigenvalue weighted by atomic mass is 35.5. The van der Waals surface area contributed by atoms with Gasteiger partial charge in [-0.2, -0.15) is 0 Å². The van der Waals surface area contributed by atoms with Gasteiger partial charge in [0.2, 0.25) is 0 Å². The van der Waals surface area contributed by atoms with Crippen LogP contribution in [0.2, 0.25) is 5.02 Å². The maximum absolute atomic E-state index is 12.8. The number of nitrogens with two attached hydrogens (primary N) is 1. The Hall–Kier alpha value is -0.600. The topological polar surface area (TPSA) is 26.0 Å². The zero-order chi connectivity index (χ0) is 10.8. The second-order valence-electron chi connectivity index (χ2n) is 4.38. The third-order valence-corrected chi connectivity index (χ3v) is 3.46. The lowest BCUT2D eigenvalue weighted by Crippen LogP contribution is -2.15. The van der Waals surface area contributed by atoms with E-state index in [1.165, 1.54) is 12.1 Å². The summed E-state index contributed by atoms with van der Waals surface area (Å²) in [6, 6.07) is 4.97.